The summed E-state index contributed by atoms with van der Waals surface area (Å²) in [6.45, 7) is 6.68. The normalized spacial score (nSPS) is 11.6. The van der Waals surface area contributed by atoms with E-state index < -0.39 is 0 Å². The Labute approximate surface area is 317 Å². The van der Waals surface area contributed by atoms with E-state index in [-0.39, 0.29) is 26.5 Å². The molecule has 0 atom stereocenters. The van der Waals surface area contributed by atoms with Crippen LogP contribution in [0.2, 0.25) is 0 Å². The van der Waals surface area contributed by atoms with Crippen LogP contribution in [0.25, 0.3) is 61.2 Å². The average molecular weight is 854 g/mol. The van der Waals surface area contributed by atoms with Gasteiger partial charge in [0, 0.05) is 49.8 Å². The van der Waals surface area contributed by atoms with Crippen LogP contribution in [0.3, 0.4) is 0 Å². The molecule has 9 rings (SSSR count). The molecule has 6 aromatic carbocycles. The van der Waals surface area contributed by atoms with Gasteiger partial charge < -0.3 is 13.9 Å². The van der Waals surface area contributed by atoms with Crippen LogP contribution in [-0.2, 0) is 26.5 Å². The molecule has 0 fully saturated rings. The Balaban J connectivity index is 0.00000387. The molecule has 0 bridgehead atoms. The van der Waals surface area contributed by atoms with Crippen LogP contribution in [0.5, 0.6) is 11.5 Å². The molecule has 3 heterocycles. The van der Waals surface area contributed by atoms with Crippen molar-refractivity contribution < 1.29 is 30.4 Å². The third-order valence-electron chi connectivity index (χ3n) is 9.39. The first-order chi connectivity index (χ1) is 24.9. The van der Waals surface area contributed by atoms with Gasteiger partial charge in [-0.1, -0.05) is 117 Å². The van der Waals surface area contributed by atoms with Gasteiger partial charge in [0.1, 0.15) is 5.82 Å². The summed E-state index contributed by atoms with van der Waals surface area (Å²) >= 11 is 0. The third-order valence-corrected chi connectivity index (χ3v) is 9.39. The van der Waals surface area contributed by atoms with Crippen molar-refractivity contribution in [2.24, 2.45) is 0 Å². The third kappa shape index (κ3) is 5.91. The molecule has 0 aliphatic heterocycles. The van der Waals surface area contributed by atoms with Crippen LogP contribution in [0.15, 0.2) is 152 Å². The van der Waals surface area contributed by atoms with E-state index in [0.29, 0.717) is 11.5 Å². The summed E-state index contributed by atoms with van der Waals surface area (Å²) in [7, 11) is 0. The summed E-state index contributed by atoms with van der Waals surface area (Å²) in [5.74, 6) is 2.02. The maximum Gasteiger partial charge on any atom is 0.268 e. The molecular formula is C46H34N4OPt-2. The summed E-state index contributed by atoms with van der Waals surface area (Å²) in [5, 5.41) is 2.21. The van der Waals surface area contributed by atoms with E-state index in [2.05, 4.69) is 139 Å². The smallest absolute Gasteiger partial charge is 0.268 e. The fourth-order valence-corrected chi connectivity index (χ4v) is 6.87. The van der Waals surface area contributed by atoms with Gasteiger partial charge in [0.25, 0.3) is 6.33 Å². The minimum absolute atomic E-state index is 0. The topological polar surface area (TPSA) is 35.9 Å². The molecule has 0 radical (unpaired) electrons. The van der Waals surface area contributed by atoms with E-state index in [0.717, 1.165) is 61.2 Å². The fourth-order valence-electron chi connectivity index (χ4n) is 6.87. The number of ether oxygens (including phenoxy) is 1. The molecule has 0 N–H and O–H groups in total. The number of para-hydroxylation sites is 4. The van der Waals surface area contributed by atoms with Crippen molar-refractivity contribution in [1.82, 2.24) is 14.1 Å². The first kappa shape index (κ1) is 33.4. The Morgan fingerprint density at radius 3 is 2.21 bits per heavy atom. The van der Waals surface area contributed by atoms with Crippen LogP contribution in [0.4, 0.5) is 0 Å². The molecule has 0 aliphatic rings. The Kier molecular flexibility index (Phi) is 8.61. The first-order valence-corrected chi connectivity index (χ1v) is 17.1. The molecule has 0 aliphatic carbocycles. The number of fused-ring (bicyclic) bond motifs is 4. The van der Waals surface area contributed by atoms with Gasteiger partial charge in [0.05, 0.1) is 16.7 Å². The molecule has 0 amide bonds. The van der Waals surface area contributed by atoms with Gasteiger partial charge in [-0.15, -0.1) is 29.7 Å². The molecule has 6 heteroatoms. The molecule has 0 saturated heterocycles. The monoisotopic (exact) mass is 853 g/mol. The zero-order chi connectivity index (χ0) is 34.5. The molecule has 9 aromatic rings. The van der Waals surface area contributed by atoms with Crippen LogP contribution >= 0.6 is 0 Å². The van der Waals surface area contributed by atoms with Crippen molar-refractivity contribution >= 4 is 32.8 Å². The maximum atomic E-state index is 6.55. The summed E-state index contributed by atoms with van der Waals surface area (Å²) < 4.78 is 12.9. The predicted molar refractivity (Wildman–Crippen MR) is 204 cm³/mol. The summed E-state index contributed by atoms with van der Waals surface area (Å²) in [5.41, 5.74) is 9.36. The Morgan fingerprint density at radius 2 is 1.40 bits per heavy atom. The quantitative estimate of drug-likeness (QED) is 0.123. The minimum atomic E-state index is -0.0413. The predicted octanol–water partition coefficient (Wildman–Crippen LogP) is 10.6. The molecule has 52 heavy (non-hydrogen) atoms. The number of benzene rings is 6. The number of hydrogen-bond acceptors (Lipinski definition) is 2. The summed E-state index contributed by atoms with van der Waals surface area (Å²) in [6.07, 6.45) is 5.45. The Bertz CT molecular complexity index is 2710. The molecule has 3 aromatic heterocycles. The standard InChI is InChI=1S/C46H34N4O.Pt/c1-46(2,3)33-26-27-47-44(28-33)50-43-30-37(24-25-39(43)40-21-13-20-38(45(40)50)32-14-6-4-7-15-32)51-36-19-12-18-35(29-36)49-31-48(34-16-8-5-9-17-34)41-22-10-11-23-42(41)49;/h4-28H,1-3H3;/q-2;. The number of hydrogen-bond donors (Lipinski definition) is 0. The second-order valence-corrected chi connectivity index (χ2v) is 13.7. The van der Waals surface area contributed by atoms with Gasteiger partial charge in [-0.05, 0) is 51.9 Å². The molecular weight excluding hydrogens is 820 g/mol. The van der Waals surface area contributed by atoms with Crippen molar-refractivity contribution in [3.63, 3.8) is 0 Å². The maximum absolute atomic E-state index is 6.55. The van der Waals surface area contributed by atoms with Crippen molar-refractivity contribution in [2.45, 2.75) is 26.2 Å². The van der Waals surface area contributed by atoms with Crippen LogP contribution in [-0.4, -0.2) is 14.1 Å². The molecule has 256 valence electrons. The zero-order valence-corrected chi connectivity index (χ0v) is 31.2. The second kappa shape index (κ2) is 13.4. The summed E-state index contributed by atoms with van der Waals surface area (Å²) in [6, 6.07) is 57.1. The first-order valence-electron chi connectivity index (χ1n) is 17.1. The molecule has 0 unspecified atom stereocenters. The van der Waals surface area contributed by atoms with Crippen molar-refractivity contribution in [2.75, 3.05) is 0 Å². The van der Waals surface area contributed by atoms with Crippen molar-refractivity contribution in [3.8, 4) is 39.8 Å². The summed E-state index contributed by atoms with van der Waals surface area (Å²) in [4.78, 5) is 4.93. The fraction of sp³-hybridized carbons (Fsp3) is 0.0870. The van der Waals surface area contributed by atoms with Crippen molar-refractivity contribution in [1.29, 1.82) is 0 Å². The van der Waals surface area contributed by atoms with E-state index in [4.69, 9.17) is 9.72 Å². The van der Waals surface area contributed by atoms with Crippen LogP contribution < -0.4 is 9.30 Å². The van der Waals surface area contributed by atoms with Gasteiger partial charge in [0.15, 0.2) is 0 Å². The van der Waals surface area contributed by atoms with Gasteiger partial charge in [-0.25, -0.2) is 4.98 Å². The van der Waals surface area contributed by atoms with Gasteiger partial charge >= 0.3 is 0 Å². The molecule has 0 saturated carbocycles. The van der Waals surface area contributed by atoms with E-state index in [9.17, 15) is 0 Å². The number of aromatic nitrogens is 4. The van der Waals surface area contributed by atoms with E-state index in [1.807, 2.05) is 65.4 Å². The SMILES string of the molecule is CC(C)(C)c1ccnc(-n2c3[c-]c(Oc4[c-]c(-n5[c-][n+](-c6ccccc6)c6ccccc65)ccc4)ccc3c3cccc(-c4ccccc4)c32)c1.[Pt]. The van der Waals surface area contributed by atoms with Crippen molar-refractivity contribution in [3.05, 3.63) is 176 Å². The largest absolute Gasteiger partial charge is 0.510 e. The molecule has 5 nitrogen and oxygen atoms in total. The number of imidazole rings is 1. The second-order valence-electron chi connectivity index (χ2n) is 13.7. The van der Waals surface area contributed by atoms with E-state index in [1.165, 1.54) is 5.56 Å². The Hall–Kier alpha value is -5.77. The minimum Gasteiger partial charge on any atom is -0.510 e. The number of rotatable bonds is 6. The molecule has 0 spiro atoms. The number of nitrogens with zero attached hydrogens (tertiary/aromatic N) is 4. The van der Waals surface area contributed by atoms with Gasteiger partial charge in [0.2, 0.25) is 0 Å². The number of pyridine rings is 1. The van der Waals surface area contributed by atoms with Gasteiger partial charge in [-0.3, -0.25) is 4.57 Å². The average Bonchev–Trinajstić information content (AvgIpc) is 3.72. The van der Waals surface area contributed by atoms with Crippen LogP contribution in [0, 0.1) is 18.5 Å². The van der Waals surface area contributed by atoms with E-state index >= 15 is 0 Å². The Morgan fingerprint density at radius 1 is 0.673 bits per heavy atom. The van der Waals surface area contributed by atoms with E-state index in [1.54, 1.807) is 0 Å². The van der Waals surface area contributed by atoms with Gasteiger partial charge in [-0.2, -0.15) is 18.2 Å². The zero-order valence-electron chi connectivity index (χ0n) is 28.9. The van der Waals surface area contributed by atoms with Crippen LogP contribution in [0.1, 0.15) is 26.3 Å².